The van der Waals surface area contributed by atoms with Crippen LogP contribution in [0.2, 0.25) is 0 Å². The molecule has 0 aliphatic carbocycles. The average Bonchev–Trinajstić information content (AvgIpc) is 2.99. The summed E-state index contributed by atoms with van der Waals surface area (Å²) in [5, 5.41) is 6.76. The van der Waals surface area contributed by atoms with Crippen molar-refractivity contribution < 1.29 is 22.7 Å². The van der Waals surface area contributed by atoms with Crippen molar-refractivity contribution in [2.75, 3.05) is 31.6 Å². The monoisotopic (exact) mass is 382 g/mol. The van der Waals surface area contributed by atoms with Gasteiger partial charge in [-0.05, 0) is 18.1 Å². The van der Waals surface area contributed by atoms with Gasteiger partial charge in [-0.25, -0.2) is 0 Å². The molecule has 27 heavy (non-hydrogen) atoms. The topological polar surface area (TPSA) is 59.4 Å². The number of hydrogen-bond donors (Lipinski definition) is 1. The Bertz CT molecular complexity index is 791. The number of nitrogens with one attached hydrogen (secondary N) is 1. The molecule has 1 aromatic heterocycles. The molecule has 0 radical (unpaired) electrons. The van der Waals surface area contributed by atoms with E-state index in [1.807, 2.05) is 4.90 Å². The number of hydrogen-bond acceptors (Lipinski definition) is 4. The summed E-state index contributed by atoms with van der Waals surface area (Å²) in [4.78, 5) is 14.1. The molecule has 1 N–H and O–H groups in total. The quantitative estimate of drug-likeness (QED) is 0.862. The van der Waals surface area contributed by atoms with Crippen LogP contribution < -0.4 is 5.32 Å². The van der Waals surface area contributed by atoms with Gasteiger partial charge < -0.3 is 10.1 Å². The number of morpholine rings is 1. The highest BCUT2D eigenvalue weighted by atomic mass is 19.4. The SMILES string of the molecule is Cn1cc(NC(=O)CN2CCO[C@H](Cc3cccc(C(F)(F)F)c3)C2)cn1. The van der Waals surface area contributed by atoms with Crippen LogP contribution in [0.3, 0.4) is 0 Å². The molecule has 146 valence electrons. The minimum atomic E-state index is -4.36. The van der Waals surface area contributed by atoms with Crippen molar-refractivity contribution in [3.8, 4) is 0 Å². The van der Waals surface area contributed by atoms with Gasteiger partial charge in [0, 0.05) is 26.3 Å². The van der Waals surface area contributed by atoms with Crippen LogP contribution in [-0.2, 0) is 29.2 Å². The number of anilines is 1. The standard InChI is InChI=1S/C18H21F3N4O2/c1-24-10-15(9-22-24)23-17(26)12-25-5-6-27-16(11-25)8-13-3-2-4-14(7-13)18(19,20)21/h2-4,7,9-10,16H,5-6,8,11-12H2,1H3,(H,23,26)/t16-/m1/s1. The lowest BCUT2D eigenvalue weighted by molar-refractivity contribution is -0.137. The maximum Gasteiger partial charge on any atom is 0.416 e. The number of amides is 1. The van der Waals surface area contributed by atoms with E-state index < -0.39 is 11.7 Å². The summed E-state index contributed by atoms with van der Waals surface area (Å²) >= 11 is 0. The van der Waals surface area contributed by atoms with Gasteiger partial charge in [-0.1, -0.05) is 18.2 Å². The summed E-state index contributed by atoms with van der Waals surface area (Å²) in [6.45, 7) is 1.71. The third-order valence-corrected chi connectivity index (χ3v) is 4.30. The lowest BCUT2D eigenvalue weighted by Crippen LogP contribution is -2.46. The molecule has 6 nitrogen and oxygen atoms in total. The zero-order valence-electron chi connectivity index (χ0n) is 14.9. The second-order valence-corrected chi connectivity index (χ2v) is 6.58. The third-order valence-electron chi connectivity index (χ3n) is 4.30. The third kappa shape index (κ3) is 5.54. The molecule has 2 heterocycles. The van der Waals surface area contributed by atoms with E-state index in [1.54, 1.807) is 30.2 Å². The minimum absolute atomic E-state index is 0.164. The smallest absolute Gasteiger partial charge is 0.375 e. The predicted octanol–water partition coefficient (Wildman–Crippen LogP) is 2.32. The van der Waals surface area contributed by atoms with Crippen molar-refractivity contribution in [3.05, 3.63) is 47.8 Å². The summed E-state index contributed by atoms with van der Waals surface area (Å²) in [5.41, 5.74) is 0.524. The number of alkyl halides is 3. The molecule has 1 aromatic carbocycles. The largest absolute Gasteiger partial charge is 0.416 e. The first-order valence-corrected chi connectivity index (χ1v) is 8.58. The number of aryl methyl sites for hydroxylation is 1. The number of nitrogens with zero attached hydrogens (tertiary/aromatic N) is 3. The Morgan fingerprint density at radius 1 is 1.41 bits per heavy atom. The number of aromatic nitrogens is 2. The van der Waals surface area contributed by atoms with Crippen LogP contribution in [0, 0.1) is 0 Å². The van der Waals surface area contributed by atoms with Crippen LogP contribution >= 0.6 is 0 Å². The Balaban J connectivity index is 1.54. The molecule has 1 aliphatic heterocycles. The number of benzene rings is 1. The van der Waals surface area contributed by atoms with Gasteiger partial charge in [-0.15, -0.1) is 0 Å². The Morgan fingerprint density at radius 2 is 2.22 bits per heavy atom. The molecule has 1 saturated heterocycles. The van der Waals surface area contributed by atoms with Crippen molar-refractivity contribution >= 4 is 11.6 Å². The van der Waals surface area contributed by atoms with E-state index in [1.165, 1.54) is 6.07 Å². The minimum Gasteiger partial charge on any atom is -0.375 e. The van der Waals surface area contributed by atoms with Crippen molar-refractivity contribution in [3.63, 3.8) is 0 Å². The molecule has 1 amide bonds. The lowest BCUT2D eigenvalue weighted by Gasteiger charge is -2.32. The summed E-state index contributed by atoms with van der Waals surface area (Å²) in [5.74, 6) is -0.164. The van der Waals surface area contributed by atoms with Gasteiger partial charge >= 0.3 is 6.18 Å². The maximum atomic E-state index is 12.8. The second-order valence-electron chi connectivity index (χ2n) is 6.58. The number of halogens is 3. The van der Waals surface area contributed by atoms with E-state index in [4.69, 9.17) is 4.74 Å². The molecule has 9 heteroatoms. The highest BCUT2D eigenvalue weighted by molar-refractivity contribution is 5.91. The number of ether oxygens (including phenoxy) is 1. The molecular weight excluding hydrogens is 361 g/mol. The fourth-order valence-electron chi connectivity index (χ4n) is 3.07. The summed E-state index contributed by atoms with van der Waals surface area (Å²) < 4.78 is 45.8. The first-order valence-electron chi connectivity index (χ1n) is 8.58. The molecule has 1 fully saturated rings. The summed E-state index contributed by atoms with van der Waals surface area (Å²) in [7, 11) is 1.76. The van der Waals surface area contributed by atoms with E-state index in [0.29, 0.717) is 37.4 Å². The van der Waals surface area contributed by atoms with Gasteiger partial charge in [0.15, 0.2) is 0 Å². The maximum absolute atomic E-state index is 12.8. The van der Waals surface area contributed by atoms with Crippen LogP contribution in [0.25, 0.3) is 0 Å². The number of carbonyl (C=O) groups is 1. The summed E-state index contributed by atoms with van der Waals surface area (Å²) in [6, 6.07) is 5.27. The van der Waals surface area contributed by atoms with Crippen molar-refractivity contribution in [1.82, 2.24) is 14.7 Å². The molecule has 1 atom stereocenters. The van der Waals surface area contributed by atoms with Crippen LogP contribution in [0.15, 0.2) is 36.7 Å². The van der Waals surface area contributed by atoms with E-state index >= 15 is 0 Å². The zero-order valence-corrected chi connectivity index (χ0v) is 14.9. The van der Waals surface area contributed by atoms with Crippen molar-refractivity contribution in [2.45, 2.75) is 18.7 Å². The van der Waals surface area contributed by atoms with Gasteiger partial charge in [0.1, 0.15) is 0 Å². The highest BCUT2D eigenvalue weighted by Crippen LogP contribution is 2.30. The summed E-state index contributed by atoms with van der Waals surface area (Å²) in [6.07, 6.45) is -0.986. The molecule has 0 saturated carbocycles. The van der Waals surface area contributed by atoms with E-state index in [0.717, 1.165) is 12.1 Å². The van der Waals surface area contributed by atoms with Crippen LogP contribution in [-0.4, -0.2) is 52.9 Å². The van der Waals surface area contributed by atoms with E-state index in [9.17, 15) is 18.0 Å². The Labute approximate surface area is 154 Å². The van der Waals surface area contributed by atoms with Crippen LogP contribution in [0.4, 0.5) is 18.9 Å². The van der Waals surface area contributed by atoms with Gasteiger partial charge in [0.2, 0.25) is 5.91 Å². The highest BCUT2D eigenvalue weighted by Gasteiger charge is 2.31. The Morgan fingerprint density at radius 3 is 2.93 bits per heavy atom. The second kappa shape index (κ2) is 8.10. The molecule has 0 spiro atoms. The normalized spacial score (nSPS) is 18.4. The molecule has 0 bridgehead atoms. The predicted molar refractivity (Wildman–Crippen MR) is 93.2 cm³/mol. The molecule has 1 aliphatic rings. The van der Waals surface area contributed by atoms with Crippen molar-refractivity contribution in [1.29, 1.82) is 0 Å². The first kappa shape index (κ1) is 19.4. The lowest BCUT2D eigenvalue weighted by atomic mass is 10.0. The van der Waals surface area contributed by atoms with Gasteiger partial charge in [0.05, 0.1) is 36.7 Å². The molecule has 2 aromatic rings. The molecule has 3 rings (SSSR count). The van der Waals surface area contributed by atoms with Crippen LogP contribution in [0.1, 0.15) is 11.1 Å². The molecular formula is C18H21F3N4O2. The first-order chi connectivity index (χ1) is 12.8. The van der Waals surface area contributed by atoms with E-state index in [-0.39, 0.29) is 18.6 Å². The fraction of sp³-hybridized carbons (Fsp3) is 0.444. The zero-order chi connectivity index (χ0) is 19.4. The van der Waals surface area contributed by atoms with Crippen LogP contribution in [0.5, 0.6) is 0 Å². The number of rotatable bonds is 5. The Kier molecular flexibility index (Phi) is 5.81. The van der Waals surface area contributed by atoms with Gasteiger partial charge in [-0.2, -0.15) is 18.3 Å². The van der Waals surface area contributed by atoms with Crippen molar-refractivity contribution in [2.24, 2.45) is 7.05 Å². The average molecular weight is 382 g/mol. The number of carbonyl (C=O) groups excluding carboxylic acids is 1. The Hall–Kier alpha value is -2.39. The fourth-order valence-corrected chi connectivity index (χ4v) is 3.07. The van der Waals surface area contributed by atoms with Gasteiger partial charge in [0.25, 0.3) is 0 Å². The van der Waals surface area contributed by atoms with Gasteiger partial charge in [-0.3, -0.25) is 14.4 Å². The van der Waals surface area contributed by atoms with E-state index in [2.05, 4.69) is 10.4 Å². The molecule has 0 unspecified atom stereocenters.